The molecular weight excluding hydrogens is 200 g/mol. The van der Waals surface area contributed by atoms with Gasteiger partial charge in [-0.2, -0.15) is 0 Å². The lowest BCUT2D eigenvalue weighted by molar-refractivity contribution is -0.122. The van der Waals surface area contributed by atoms with Crippen molar-refractivity contribution in [1.82, 2.24) is 5.32 Å². The smallest absolute Gasteiger partial charge is 0.220 e. The summed E-state index contributed by atoms with van der Waals surface area (Å²) in [5.41, 5.74) is 5.48. The summed E-state index contributed by atoms with van der Waals surface area (Å²) in [4.78, 5) is 11.7. The number of amides is 1. The van der Waals surface area contributed by atoms with E-state index in [1.165, 1.54) is 19.3 Å². The van der Waals surface area contributed by atoms with E-state index in [4.69, 9.17) is 5.73 Å². The largest absolute Gasteiger partial charge is 0.353 e. The maximum absolute atomic E-state index is 11.7. The highest BCUT2D eigenvalue weighted by molar-refractivity contribution is 5.76. The normalized spacial score (nSPS) is 19.9. The fourth-order valence-electron chi connectivity index (χ4n) is 2.19. The third kappa shape index (κ3) is 4.52. The fourth-order valence-corrected chi connectivity index (χ4v) is 2.19. The van der Waals surface area contributed by atoms with Gasteiger partial charge in [0.1, 0.15) is 0 Å². The van der Waals surface area contributed by atoms with Crippen LogP contribution < -0.4 is 11.1 Å². The van der Waals surface area contributed by atoms with Crippen molar-refractivity contribution in [2.24, 2.45) is 17.6 Å². The summed E-state index contributed by atoms with van der Waals surface area (Å²) < 4.78 is 0. The van der Waals surface area contributed by atoms with Crippen LogP contribution in [0.5, 0.6) is 0 Å². The second-order valence-electron chi connectivity index (χ2n) is 5.27. The molecule has 0 radical (unpaired) electrons. The summed E-state index contributed by atoms with van der Waals surface area (Å²) in [6.45, 7) is 5.02. The van der Waals surface area contributed by atoms with E-state index in [-0.39, 0.29) is 5.91 Å². The Morgan fingerprint density at radius 3 is 2.56 bits per heavy atom. The van der Waals surface area contributed by atoms with Crippen LogP contribution in [0.2, 0.25) is 0 Å². The van der Waals surface area contributed by atoms with Crippen LogP contribution in [-0.4, -0.2) is 18.5 Å². The molecule has 1 amide bonds. The van der Waals surface area contributed by atoms with Crippen LogP contribution in [0.25, 0.3) is 0 Å². The van der Waals surface area contributed by atoms with Gasteiger partial charge in [-0.25, -0.2) is 0 Å². The first kappa shape index (κ1) is 13.5. The van der Waals surface area contributed by atoms with Gasteiger partial charge in [0.2, 0.25) is 5.91 Å². The molecule has 1 aliphatic rings. The van der Waals surface area contributed by atoms with Crippen molar-refractivity contribution in [2.75, 3.05) is 6.54 Å². The highest BCUT2D eigenvalue weighted by Crippen LogP contribution is 2.29. The summed E-state index contributed by atoms with van der Waals surface area (Å²) >= 11 is 0. The first-order valence-corrected chi connectivity index (χ1v) is 6.63. The van der Waals surface area contributed by atoms with Gasteiger partial charge in [0.05, 0.1) is 0 Å². The molecule has 1 fully saturated rings. The number of hydrogen-bond donors (Lipinski definition) is 2. The van der Waals surface area contributed by atoms with E-state index in [9.17, 15) is 4.79 Å². The van der Waals surface area contributed by atoms with Crippen LogP contribution in [0.15, 0.2) is 0 Å². The molecular formula is C13H26N2O. The minimum Gasteiger partial charge on any atom is -0.353 e. The van der Waals surface area contributed by atoms with E-state index >= 15 is 0 Å². The van der Waals surface area contributed by atoms with E-state index in [2.05, 4.69) is 19.2 Å². The number of carbonyl (C=O) groups is 1. The van der Waals surface area contributed by atoms with E-state index in [0.29, 0.717) is 18.4 Å². The standard InChI is InChI=1S/C13H26N2O/c1-10(8-9-14)6-7-13(16)15-11(2)12-4-3-5-12/h10-12H,3-9,14H2,1-2H3,(H,15,16). The molecule has 16 heavy (non-hydrogen) atoms. The molecule has 0 aliphatic heterocycles. The molecule has 94 valence electrons. The van der Waals surface area contributed by atoms with Gasteiger partial charge in [-0.15, -0.1) is 0 Å². The van der Waals surface area contributed by atoms with Gasteiger partial charge in [-0.1, -0.05) is 13.3 Å². The highest BCUT2D eigenvalue weighted by atomic mass is 16.1. The SMILES string of the molecule is CC(CCN)CCC(=O)NC(C)C1CCC1. The van der Waals surface area contributed by atoms with Gasteiger partial charge in [0.25, 0.3) is 0 Å². The van der Waals surface area contributed by atoms with Crippen LogP contribution in [0, 0.1) is 11.8 Å². The summed E-state index contributed by atoms with van der Waals surface area (Å²) in [5.74, 6) is 1.50. The Kier molecular flexibility index (Phi) is 5.81. The Balaban J connectivity index is 2.09. The van der Waals surface area contributed by atoms with Crippen LogP contribution >= 0.6 is 0 Å². The third-order valence-electron chi connectivity index (χ3n) is 3.77. The molecule has 0 heterocycles. The third-order valence-corrected chi connectivity index (χ3v) is 3.77. The molecule has 0 aromatic heterocycles. The molecule has 1 aliphatic carbocycles. The summed E-state index contributed by atoms with van der Waals surface area (Å²) in [5, 5.41) is 3.11. The molecule has 1 saturated carbocycles. The Bertz CT molecular complexity index is 214. The molecule has 3 nitrogen and oxygen atoms in total. The van der Waals surface area contributed by atoms with Crippen LogP contribution in [0.3, 0.4) is 0 Å². The molecule has 0 aromatic carbocycles. The van der Waals surface area contributed by atoms with Gasteiger partial charge in [-0.05, 0) is 51.0 Å². The van der Waals surface area contributed by atoms with E-state index in [0.717, 1.165) is 25.3 Å². The lowest BCUT2D eigenvalue weighted by Crippen LogP contribution is -2.40. The number of nitrogens with one attached hydrogen (secondary N) is 1. The molecule has 3 N–H and O–H groups in total. The van der Waals surface area contributed by atoms with Gasteiger partial charge >= 0.3 is 0 Å². The monoisotopic (exact) mass is 226 g/mol. The average molecular weight is 226 g/mol. The number of rotatable bonds is 7. The minimum atomic E-state index is 0.211. The Morgan fingerprint density at radius 2 is 2.06 bits per heavy atom. The Labute approximate surface area is 99.2 Å². The summed E-state index contributed by atoms with van der Waals surface area (Å²) in [6.07, 6.45) is 6.53. The average Bonchev–Trinajstić information content (AvgIpc) is 2.12. The van der Waals surface area contributed by atoms with Crippen LogP contribution in [0.4, 0.5) is 0 Å². The number of hydrogen-bond acceptors (Lipinski definition) is 2. The van der Waals surface area contributed by atoms with Gasteiger partial charge in [0, 0.05) is 12.5 Å². The quantitative estimate of drug-likeness (QED) is 0.698. The predicted octanol–water partition coefficient (Wildman–Crippen LogP) is 2.06. The van der Waals surface area contributed by atoms with Crippen molar-refractivity contribution in [3.8, 4) is 0 Å². The molecule has 2 unspecified atom stereocenters. The second-order valence-corrected chi connectivity index (χ2v) is 5.27. The minimum absolute atomic E-state index is 0.211. The molecule has 0 spiro atoms. The van der Waals surface area contributed by atoms with Gasteiger partial charge in [0.15, 0.2) is 0 Å². The van der Waals surface area contributed by atoms with Gasteiger partial charge in [-0.3, -0.25) is 4.79 Å². The Hall–Kier alpha value is -0.570. The summed E-state index contributed by atoms with van der Waals surface area (Å²) in [7, 11) is 0. The predicted molar refractivity (Wildman–Crippen MR) is 67.0 cm³/mol. The number of nitrogens with two attached hydrogens (primary N) is 1. The van der Waals surface area contributed by atoms with Crippen molar-refractivity contribution in [3.05, 3.63) is 0 Å². The fraction of sp³-hybridized carbons (Fsp3) is 0.923. The van der Waals surface area contributed by atoms with E-state index in [1.54, 1.807) is 0 Å². The summed E-state index contributed by atoms with van der Waals surface area (Å²) in [6, 6.07) is 0.367. The first-order valence-electron chi connectivity index (χ1n) is 6.63. The topological polar surface area (TPSA) is 55.1 Å². The molecule has 0 bridgehead atoms. The van der Waals surface area contributed by atoms with Crippen LogP contribution in [-0.2, 0) is 4.79 Å². The van der Waals surface area contributed by atoms with Crippen molar-refractivity contribution in [3.63, 3.8) is 0 Å². The highest BCUT2D eigenvalue weighted by Gasteiger charge is 2.24. The molecule has 0 aromatic rings. The van der Waals surface area contributed by atoms with E-state index in [1.807, 2.05) is 0 Å². The Morgan fingerprint density at radius 1 is 1.38 bits per heavy atom. The van der Waals surface area contributed by atoms with Crippen molar-refractivity contribution < 1.29 is 4.79 Å². The molecule has 0 saturated heterocycles. The van der Waals surface area contributed by atoms with Crippen molar-refractivity contribution in [1.29, 1.82) is 0 Å². The maximum Gasteiger partial charge on any atom is 0.220 e. The second kappa shape index (κ2) is 6.89. The lowest BCUT2D eigenvalue weighted by Gasteiger charge is -2.32. The zero-order valence-electron chi connectivity index (χ0n) is 10.7. The zero-order chi connectivity index (χ0) is 12.0. The molecule has 2 atom stereocenters. The van der Waals surface area contributed by atoms with Crippen molar-refractivity contribution in [2.45, 2.75) is 58.4 Å². The molecule has 3 heteroatoms. The lowest BCUT2D eigenvalue weighted by atomic mass is 9.80. The van der Waals surface area contributed by atoms with E-state index < -0.39 is 0 Å². The molecule has 1 rings (SSSR count). The zero-order valence-corrected chi connectivity index (χ0v) is 10.7. The number of carbonyl (C=O) groups excluding carboxylic acids is 1. The van der Waals surface area contributed by atoms with Crippen molar-refractivity contribution >= 4 is 5.91 Å². The van der Waals surface area contributed by atoms with Crippen LogP contribution in [0.1, 0.15) is 52.4 Å². The maximum atomic E-state index is 11.7. The van der Waals surface area contributed by atoms with Gasteiger partial charge < -0.3 is 11.1 Å². The first-order chi connectivity index (χ1) is 7.63.